The van der Waals surface area contributed by atoms with E-state index in [1.165, 1.54) is 0 Å². The SMILES string of the molecule is O=C(N[C@H](c1ccccc1)c1ccco1)c1ccc(Cl)cc1. The Hall–Kier alpha value is -2.52. The van der Waals surface area contributed by atoms with Crippen molar-refractivity contribution in [2.24, 2.45) is 0 Å². The van der Waals surface area contributed by atoms with E-state index >= 15 is 0 Å². The minimum atomic E-state index is -0.334. The number of nitrogens with one attached hydrogen (secondary N) is 1. The molecule has 3 aromatic rings. The van der Waals surface area contributed by atoms with E-state index in [9.17, 15) is 4.79 Å². The smallest absolute Gasteiger partial charge is 0.252 e. The van der Waals surface area contributed by atoms with E-state index in [2.05, 4.69) is 5.32 Å². The zero-order chi connectivity index (χ0) is 15.4. The van der Waals surface area contributed by atoms with Crippen LogP contribution in [-0.2, 0) is 0 Å². The zero-order valence-corrected chi connectivity index (χ0v) is 12.5. The van der Waals surface area contributed by atoms with Crippen molar-refractivity contribution in [2.45, 2.75) is 6.04 Å². The molecule has 0 saturated heterocycles. The Morgan fingerprint density at radius 2 is 1.68 bits per heavy atom. The molecular formula is C18H14ClNO2. The molecule has 3 rings (SSSR count). The number of rotatable bonds is 4. The molecule has 1 aromatic heterocycles. The standard InChI is InChI=1S/C18H14ClNO2/c19-15-10-8-14(9-11-15)18(21)20-17(16-7-4-12-22-16)13-5-2-1-3-6-13/h1-12,17H,(H,20,21)/t17-/m1/s1. The number of halogens is 1. The Balaban J connectivity index is 1.87. The molecule has 2 aromatic carbocycles. The maximum absolute atomic E-state index is 12.4. The minimum Gasteiger partial charge on any atom is -0.467 e. The quantitative estimate of drug-likeness (QED) is 0.773. The lowest BCUT2D eigenvalue weighted by Crippen LogP contribution is -2.29. The Morgan fingerprint density at radius 3 is 2.32 bits per heavy atom. The fourth-order valence-electron chi connectivity index (χ4n) is 2.24. The average Bonchev–Trinajstić information content (AvgIpc) is 3.08. The molecule has 3 nitrogen and oxygen atoms in total. The molecule has 0 aliphatic rings. The van der Waals surface area contributed by atoms with Crippen LogP contribution in [0, 0.1) is 0 Å². The molecule has 0 bridgehead atoms. The highest BCUT2D eigenvalue weighted by Gasteiger charge is 2.19. The maximum Gasteiger partial charge on any atom is 0.252 e. The van der Waals surface area contributed by atoms with Crippen LogP contribution in [0.15, 0.2) is 77.4 Å². The summed E-state index contributed by atoms with van der Waals surface area (Å²) in [6.07, 6.45) is 1.60. The topological polar surface area (TPSA) is 42.2 Å². The van der Waals surface area contributed by atoms with Gasteiger partial charge in [-0.2, -0.15) is 0 Å². The normalized spacial score (nSPS) is 11.9. The molecule has 0 unspecified atom stereocenters. The van der Waals surface area contributed by atoms with Crippen molar-refractivity contribution >= 4 is 17.5 Å². The van der Waals surface area contributed by atoms with Crippen LogP contribution in [0.25, 0.3) is 0 Å². The third-order valence-corrected chi connectivity index (χ3v) is 3.59. The highest BCUT2D eigenvalue weighted by molar-refractivity contribution is 6.30. The number of carbonyl (C=O) groups is 1. The van der Waals surface area contributed by atoms with Crippen LogP contribution in [-0.4, -0.2) is 5.91 Å². The van der Waals surface area contributed by atoms with Gasteiger partial charge in [0.2, 0.25) is 0 Å². The van der Waals surface area contributed by atoms with Gasteiger partial charge in [-0.05, 0) is 42.0 Å². The van der Waals surface area contributed by atoms with Gasteiger partial charge in [0.15, 0.2) is 0 Å². The first-order valence-corrected chi connectivity index (χ1v) is 7.26. The Kier molecular flexibility index (Phi) is 4.26. The van der Waals surface area contributed by atoms with Gasteiger partial charge < -0.3 is 9.73 Å². The second kappa shape index (κ2) is 6.50. The number of hydrogen-bond acceptors (Lipinski definition) is 2. The lowest BCUT2D eigenvalue weighted by Gasteiger charge is -2.17. The number of furan rings is 1. The third kappa shape index (κ3) is 3.21. The summed E-state index contributed by atoms with van der Waals surface area (Å²) in [4.78, 5) is 12.4. The summed E-state index contributed by atoms with van der Waals surface area (Å²) in [6.45, 7) is 0. The maximum atomic E-state index is 12.4. The van der Waals surface area contributed by atoms with Crippen molar-refractivity contribution in [3.8, 4) is 0 Å². The van der Waals surface area contributed by atoms with E-state index in [0.29, 0.717) is 16.3 Å². The predicted octanol–water partition coefficient (Wildman–Crippen LogP) is 4.45. The second-order valence-electron chi connectivity index (χ2n) is 4.84. The number of hydrogen-bond donors (Lipinski definition) is 1. The van der Waals surface area contributed by atoms with E-state index in [1.54, 1.807) is 36.6 Å². The molecule has 1 heterocycles. The van der Waals surface area contributed by atoms with E-state index < -0.39 is 0 Å². The van der Waals surface area contributed by atoms with Crippen LogP contribution >= 0.6 is 11.6 Å². The molecule has 22 heavy (non-hydrogen) atoms. The van der Waals surface area contributed by atoms with Crippen molar-refractivity contribution in [2.75, 3.05) is 0 Å². The molecule has 0 fully saturated rings. The molecular weight excluding hydrogens is 298 g/mol. The van der Waals surface area contributed by atoms with Crippen molar-refractivity contribution in [1.29, 1.82) is 0 Å². The summed E-state index contributed by atoms with van der Waals surface area (Å²) in [5.74, 6) is 0.510. The molecule has 0 aliphatic carbocycles. The lowest BCUT2D eigenvalue weighted by atomic mass is 10.0. The first-order chi connectivity index (χ1) is 10.7. The molecule has 4 heteroatoms. The van der Waals surface area contributed by atoms with Gasteiger partial charge in [0.1, 0.15) is 11.8 Å². The van der Waals surface area contributed by atoms with Crippen molar-refractivity contribution in [1.82, 2.24) is 5.32 Å². The lowest BCUT2D eigenvalue weighted by molar-refractivity contribution is 0.0939. The van der Waals surface area contributed by atoms with Gasteiger partial charge in [-0.3, -0.25) is 4.79 Å². The molecule has 0 saturated carbocycles. The summed E-state index contributed by atoms with van der Waals surface area (Å²) in [5, 5.41) is 3.59. The highest BCUT2D eigenvalue weighted by atomic mass is 35.5. The highest BCUT2D eigenvalue weighted by Crippen LogP contribution is 2.23. The first-order valence-electron chi connectivity index (χ1n) is 6.89. The minimum absolute atomic E-state index is 0.179. The summed E-state index contributed by atoms with van der Waals surface area (Å²) in [7, 11) is 0. The van der Waals surface area contributed by atoms with Gasteiger partial charge in [0.05, 0.1) is 6.26 Å². The summed E-state index contributed by atoms with van der Waals surface area (Å²) in [5.41, 5.74) is 1.51. The fourth-order valence-corrected chi connectivity index (χ4v) is 2.36. The molecule has 1 N–H and O–H groups in total. The number of benzene rings is 2. The summed E-state index contributed by atoms with van der Waals surface area (Å²) >= 11 is 5.85. The Morgan fingerprint density at radius 1 is 0.955 bits per heavy atom. The van der Waals surface area contributed by atoms with Crippen LogP contribution < -0.4 is 5.32 Å². The molecule has 0 aliphatic heterocycles. The number of amides is 1. The average molecular weight is 312 g/mol. The van der Waals surface area contributed by atoms with Crippen molar-refractivity contribution in [3.05, 3.63) is 94.9 Å². The van der Waals surface area contributed by atoms with Crippen LogP contribution in [0.2, 0.25) is 5.02 Å². The van der Waals surface area contributed by atoms with Crippen molar-refractivity contribution < 1.29 is 9.21 Å². The molecule has 0 radical (unpaired) electrons. The van der Waals surface area contributed by atoms with E-state index in [0.717, 1.165) is 5.56 Å². The van der Waals surface area contributed by atoms with Crippen LogP contribution in [0.5, 0.6) is 0 Å². The van der Waals surface area contributed by atoms with Gasteiger partial charge >= 0.3 is 0 Å². The molecule has 110 valence electrons. The Labute approximate surface area is 133 Å². The van der Waals surface area contributed by atoms with E-state index in [-0.39, 0.29) is 11.9 Å². The van der Waals surface area contributed by atoms with Gasteiger partial charge in [0, 0.05) is 10.6 Å². The van der Waals surface area contributed by atoms with Gasteiger partial charge in [-0.25, -0.2) is 0 Å². The molecule has 1 amide bonds. The third-order valence-electron chi connectivity index (χ3n) is 3.34. The van der Waals surface area contributed by atoms with Gasteiger partial charge in [-0.1, -0.05) is 41.9 Å². The Bertz CT molecular complexity index is 737. The zero-order valence-electron chi connectivity index (χ0n) is 11.7. The fraction of sp³-hybridized carbons (Fsp3) is 0.0556. The monoisotopic (exact) mass is 311 g/mol. The largest absolute Gasteiger partial charge is 0.467 e. The van der Waals surface area contributed by atoms with Crippen LogP contribution in [0.1, 0.15) is 27.7 Å². The van der Waals surface area contributed by atoms with Gasteiger partial charge in [-0.15, -0.1) is 0 Å². The summed E-state index contributed by atoms with van der Waals surface area (Å²) in [6, 6.07) is 19.8. The second-order valence-corrected chi connectivity index (χ2v) is 5.28. The van der Waals surface area contributed by atoms with Crippen molar-refractivity contribution in [3.63, 3.8) is 0 Å². The van der Waals surface area contributed by atoms with E-state index in [4.69, 9.17) is 16.0 Å². The number of carbonyl (C=O) groups excluding carboxylic acids is 1. The van der Waals surface area contributed by atoms with Crippen LogP contribution in [0.3, 0.4) is 0 Å². The molecule has 1 atom stereocenters. The van der Waals surface area contributed by atoms with Crippen LogP contribution in [0.4, 0.5) is 0 Å². The predicted molar refractivity (Wildman–Crippen MR) is 85.9 cm³/mol. The van der Waals surface area contributed by atoms with E-state index in [1.807, 2.05) is 36.4 Å². The first kappa shape index (κ1) is 14.4. The molecule has 0 spiro atoms. The van der Waals surface area contributed by atoms with Gasteiger partial charge in [0.25, 0.3) is 5.91 Å². The summed E-state index contributed by atoms with van der Waals surface area (Å²) < 4.78 is 5.47.